The van der Waals surface area contributed by atoms with Crippen LogP contribution < -0.4 is 10.6 Å². The zero-order chi connectivity index (χ0) is 17.6. The second kappa shape index (κ2) is 7.79. The summed E-state index contributed by atoms with van der Waals surface area (Å²) in [5.41, 5.74) is 0. The average molecular weight is 342 g/mol. The smallest absolute Gasteiger partial charge is 0.321 e. The number of hydrogen-bond acceptors (Lipinski definition) is 5. The lowest BCUT2D eigenvalue weighted by molar-refractivity contribution is 0.244. The quantitative estimate of drug-likeness (QED) is 0.779. The fourth-order valence-electron chi connectivity index (χ4n) is 2.87. The van der Waals surface area contributed by atoms with Gasteiger partial charge in [0, 0.05) is 38.2 Å². The van der Waals surface area contributed by atoms with E-state index >= 15 is 0 Å². The van der Waals surface area contributed by atoms with Gasteiger partial charge in [-0.15, -0.1) is 0 Å². The second-order valence-electron chi connectivity index (χ2n) is 5.98. The van der Waals surface area contributed by atoms with Crippen molar-refractivity contribution in [1.82, 2.24) is 29.9 Å². The van der Waals surface area contributed by atoms with Gasteiger partial charge in [-0.2, -0.15) is 15.5 Å². The molecule has 9 nitrogen and oxygen atoms in total. The summed E-state index contributed by atoms with van der Waals surface area (Å²) in [5.74, 6) is 2.11. The molecule has 0 saturated heterocycles. The summed E-state index contributed by atoms with van der Waals surface area (Å²) in [5, 5.41) is 23.0. The fraction of sp³-hybridized carbons (Fsp3) is 0.562. The summed E-state index contributed by atoms with van der Waals surface area (Å²) < 4.78 is 3.61. The molecule has 2 amide bonds. The molecule has 3 heterocycles. The van der Waals surface area contributed by atoms with E-state index in [4.69, 9.17) is 5.26 Å². The van der Waals surface area contributed by atoms with Crippen molar-refractivity contribution in [2.45, 2.75) is 58.2 Å². The van der Waals surface area contributed by atoms with E-state index in [0.717, 1.165) is 43.9 Å². The SMILES string of the molecule is CCc1nc2n(n1)CCCC2NC(=O)Nc1ccn(CCCC#N)n1. The van der Waals surface area contributed by atoms with E-state index in [-0.39, 0.29) is 12.1 Å². The van der Waals surface area contributed by atoms with Crippen LogP contribution in [0, 0.1) is 11.3 Å². The lowest BCUT2D eigenvalue weighted by atomic mass is 10.1. The standard InChI is InChI=1S/C16H22N8O/c1-2-13-19-15-12(6-5-10-24(15)22-13)18-16(25)20-14-7-11-23(21-14)9-4-3-8-17/h7,11-12H,2-6,9-10H2,1H3,(H2,18,20,21,25). The van der Waals surface area contributed by atoms with Crippen LogP contribution in [-0.4, -0.2) is 30.6 Å². The van der Waals surface area contributed by atoms with E-state index in [1.807, 2.05) is 11.6 Å². The number of carbonyl (C=O) groups is 1. The Bertz CT molecular complexity index is 771. The molecule has 9 heteroatoms. The van der Waals surface area contributed by atoms with Crippen LogP contribution in [0.5, 0.6) is 0 Å². The lowest BCUT2D eigenvalue weighted by Crippen LogP contribution is -2.36. The number of hydrogen-bond donors (Lipinski definition) is 2. The van der Waals surface area contributed by atoms with Gasteiger partial charge in [-0.3, -0.25) is 10.00 Å². The van der Waals surface area contributed by atoms with Gasteiger partial charge in [-0.05, 0) is 19.3 Å². The Labute approximate surface area is 146 Å². The number of aryl methyl sites for hydroxylation is 3. The van der Waals surface area contributed by atoms with Crippen LogP contribution in [0.1, 0.15) is 50.3 Å². The van der Waals surface area contributed by atoms with E-state index < -0.39 is 0 Å². The van der Waals surface area contributed by atoms with Crippen molar-refractivity contribution < 1.29 is 4.79 Å². The molecule has 0 aliphatic carbocycles. The summed E-state index contributed by atoms with van der Waals surface area (Å²) >= 11 is 0. The number of rotatable bonds is 6. The Hall–Kier alpha value is -2.89. The number of nitrogens with zero attached hydrogens (tertiary/aromatic N) is 6. The zero-order valence-electron chi connectivity index (χ0n) is 14.3. The van der Waals surface area contributed by atoms with Crippen molar-refractivity contribution in [2.75, 3.05) is 5.32 Å². The van der Waals surface area contributed by atoms with Gasteiger partial charge in [-0.1, -0.05) is 6.92 Å². The van der Waals surface area contributed by atoms with E-state index in [1.165, 1.54) is 0 Å². The van der Waals surface area contributed by atoms with Crippen LogP contribution in [0.25, 0.3) is 0 Å². The number of nitriles is 1. The van der Waals surface area contributed by atoms with Gasteiger partial charge < -0.3 is 5.32 Å². The van der Waals surface area contributed by atoms with Crippen molar-refractivity contribution >= 4 is 11.8 Å². The lowest BCUT2D eigenvalue weighted by Gasteiger charge is -2.22. The Morgan fingerprint density at radius 2 is 2.36 bits per heavy atom. The Morgan fingerprint density at radius 3 is 3.16 bits per heavy atom. The Kier molecular flexibility index (Phi) is 5.28. The van der Waals surface area contributed by atoms with Gasteiger partial charge in [-0.25, -0.2) is 14.5 Å². The maximum Gasteiger partial charge on any atom is 0.321 e. The van der Waals surface area contributed by atoms with Crippen LogP contribution in [0.3, 0.4) is 0 Å². The summed E-state index contributed by atoms with van der Waals surface area (Å²) in [6.07, 6.45) is 5.60. The highest BCUT2D eigenvalue weighted by molar-refractivity contribution is 5.88. The first-order chi connectivity index (χ1) is 12.2. The minimum atomic E-state index is -0.304. The molecule has 1 aliphatic rings. The van der Waals surface area contributed by atoms with E-state index in [2.05, 4.69) is 31.9 Å². The highest BCUT2D eigenvalue weighted by atomic mass is 16.2. The van der Waals surface area contributed by atoms with Crippen LogP contribution in [0.2, 0.25) is 0 Å². The molecular weight excluding hydrogens is 320 g/mol. The molecule has 1 atom stereocenters. The second-order valence-corrected chi connectivity index (χ2v) is 5.98. The van der Waals surface area contributed by atoms with Gasteiger partial charge >= 0.3 is 6.03 Å². The van der Waals surface area contributed by atoms with Crippen LogP contribution in [0.4, 0.5) is 10.6 Å². The predicted octanol–water partition coefficient (Wildman–Crippen LogP) is 2.00. The first-order valence-corrected chi connectivity index (χ1v) is 8.61. The molecule has 0 aromatic carbocycles. The number of urea groups is 1. The number of amides is 2. The summed E-state index contributed by atoms with van der Waals surface area (Å²) in [6, 6.07) is 3.40. The van der Waals surface area contributed by atoms with Gasteiger partial charge in [0.1, 0.15) is 5.82 Å². The molecule has 0 spiro atoms. The number of unbranched alkanes of at least 4 members (excludes halogenated alkanes) is 1. The number of anilines is 1. The maximum absolute atomic E-state index is 12.3. The molecule has 132 valence electrons. The van der Waals surface area contributed by atoms with E-state index in [9.17, 15) is 4.79 Å². The zero-order valence-corrected chi connectivity index (χ0v) is 14.3. The molecule has 0 bridgehead atoms. The number of nitrogens with one attached hydrogen (secondary N) is 2. The molecule has 0 radical (unpaired) electrons. The summed E-state index contributed by atoms with van der Waals surface area (Å²) in [7, 11) is 0. The maximum atomic E-state index is 12.3. The van der Waals surface area contributed by atoms with Gasteiger partial charge in [0.05, 0.1) is 12.1 Å². The Balaban J connectivity index is 1.57. The Morgan fingerprint density at radius 1 is 1.48 bits per heavy atom. The third kappa shape index (κ3) is 4.15. The molecule has 0 fully saturated rings. The number of fused-ring (bicyclic) bond motifs is 1. The molecule has 2 N–H and O–H groups in total. The van der Waals surface area contributed by atoms with Gasteiger partial charge in [0.15, 0.2) is 11.6 Å². The fourth-order valence-corrected chi connectivity index (χ4v) is 2.87. The van der Waals surface area contributed by atoms with Crippen molar-refractivity contribution in [3.8, 4) is 6.07 Å². The van der Waals surface area contributed by atoms with Crippen molar-refractivity contribution in [2.24, 2.45) is 0 Å². The molecule has 0 saturated carbocycles. The van der Waals surface area contributed by atoms with Crippen LogP contribution >= 0.6 is 0 Å². The predicted molar refractivity (Wildman–Crippen MR) is 90.6 cm³/mol. The van der Waals surface area contributed by atoms with Crippen LogP contribution in [0.15, 0.2) is 12.3 Å². The minimum Gasteiger partial charge on any atom is -0.328 e. The minimum absolute atomic E-state index is 0.140. The van der Waals surface area contributed by atoms with Crippen molar-refractivity contribution in [3.05, 3.63) is 23.9 Å². The molecule has 25 heavy (non-hydrogen) atoms. The first-order valence-electron chi connectivity index (χ1n) is 8.61. The first kappa shape index (κ1) is 17.0. The molecule has 1 aliphatic heterocycles. The van der Waals surface area contributed by atoms with Crippen LogP contribution in [-0.2, 0) is 19.5 Å². The highest BCUT2D eigenvalue weighted by Crippen LogP contribution is 2.23. The molecule has 3 rings (SSSR count). The van der Waals surface area contributed by atoms with E-state index in [0.29, 0.717) is 18.8 Å². The summed E-state index contributed by atoms with van der Waals surface area (Å²) in [6.45, 7) is 3.51. The third-order valence-corrected chi connectivity index (χ3v) is 4.10. The molecule has 1 unspecified atom stereocenters. The highest BCUT2D eigenvalue weighted by Gasteiger charge is 2.25. The normalized spacial score (nSPS) is 16.1. The molecule has 2 aromatic heterocycles. The molecule has 2 aromatic rings. The largest absolute Gasteiger partial charge is 0.328 e. The molecular formula is C16H22N8O. The monoisotopic (exact) mass is 342 g/mol. The topological polar surface area (TPSA) is 113 Å². The third-order valence-electron chi connectivity index (χ3n) is 4.10. The van der Waals surface area contributed by atoms with E-state index in [1.54, 1.807) is 16.9 Å². The van der Waals surface area contributed by atoms with Crippen molar-refractivity contribution in [1.29, 1.82) is 5.26 Å². The van der Waals surface area contributed by atoms with Crippen molar-refractivity contribution in [3.63, 3.8) is 0 Å². The van der Waals surface area contributed by atoms with Gasteiger partial charge in [0.25, 0.3) is 0 Å². The summed E-state index contributed by atoms with van der Waals surface area (Å²) in [4.78, 5) is 16.8. The average Bonchev–Trinajstić information content (AvgIpc) is 3.22. The number of aromatic nitrogens is 5. The van der Waals surface area contributed by atoms with Gasteiger partial charge in [0.2, 0.25) is 0 Å². The number of carbonyl (C=O) groups excluding carboxylic acids is 1.